The Morgan fingerprint density at radius 3 is 2.25 bits per heavy atom. The molecule has 0 aromatic carbocycles. The maximum Gasteiger partial charge on any atom is 0.307 e. The molecule has 0 aliphatic carbocycles. The number of likely N-dealkylation sites (tertiary alicyclic amines) is 1. The molecule has 1 aliphatic rings. The average molecular weight is 171 g/mol. The lowest BCUT2D eigenvalue weighted by Crippen LogP contribution is -2.50. The summed E-state index contributed by atoms with van der Waals surface area (Å²) in [6.45, 7) is 5.85. The van der Waals surface area contributed by atoms with E-state index >= 15 is 0 Å². The summed E-state index contributed by atoms with van der Waals surface area (Å²) in [5.41, 5.74) is 0. The van der Waals surface area contributed by atoms with E-state index in [1.165, 1.54) is 0 Å². The number of aliphatic carboxylic acids is 1. The van der Waals surface area contributed by atoms with Gasteiger partial charge in [-0.1, -0.05) is 13.8 Å². The van der Waals surface area contributed by atoms with Crippen LogP contribution in [-0.2, 0) is 4.79 Å². The summed E-state index contributed by atoms with van der Waals surface area (Å²) >= 11 is 0. The van der Waals surface area contributed by atoms with Crippen LogP contribution in [0.3, 0.4) is 0 Å². The van der Waals surface area contributed by atoms with Crippen LogP contribution in [0.4, 0.5) is 0 Å². The van der Waals surface area contributed by atoms with Gasteiger partial charge in [0.2, 0.25) is 0 Å². The molecule has 1 aliphatic heterocycles. The number of carbonyl (C=O) groups is 1. The monoisotopic (exact) mass is 171 g/mol. The van der Waals surface area contributed by atoms with Crippen LogP contribution in [0.25, 0.3) is 0 Å². The number of carboxylic acids is 1. The second kappa shape index (κ2) is 3.44. The fraction of sp³-hybridized carbons (Fsp3) is 0.889. The van der Waals surface area contributed by atoms with Crippen LogP contribution in [0.2, 0.25) is 0 Å². The molecule has 3 nitrogen and oxygen atoms in total. The molecule has 1 saturated heterocycles. The van der Waals surface area contributed by atoms with E-state index in [0.29, 0.717) is 5.92 Å². The fourth-order valence-corrected chi connectivity index (χ4v) is 2.01. The molecule has 1 fully saturated rings. The molecule has 0 radical (unpaired) electrons. The van der Waals surface area contributed by atoms with Gasteiger partial charge >= 0.3 is 5.97 Å². The largest absolute Gasteiger partial charge is 0.481 e. The van der Waals surface area contributed by atoms with Crippen LogP contribution in [0.1, 0.15) is 13.8 Å². The molecule has 70 valence electrons. The van der Waals surface area contributed by atoms with E-state index in [1.807, 2.05) is 20.9 Å². The van der Waals surface area contributed by atoms with Crippen molar-refractivity contribution in [2.75, 3.05) is 20.1 Å². The van der Waals surface area contributed by atoms with Crippen LogP contribution < -0.4 is 0 Å². The van der Waals surface area contributed by atoms with Crippen LogP contribution in [0.15, 0.2) is 0 Å². The van der Waals surface area contributed by atoms with Gasteiger partial charge in [0.1, 0.15) is 0 Å². The van der Waals surface area contributed by atoms with Gasteiger partial charge in [0, 0.05) is 13.1 Å². The summed E-state index contributed by atoms with van der Waals surface area (Å²) in [4.78, 5) is 13.0. The van der Waals surface area contributed by atoms with E-state index in [0.717, 1.165) is 13.1 Å². The van der Waals surface area contributed by atoms with Gasteiger partial charge in [0.25, 0.3) is 0 Å². The molecule has 3 heteroatoms. The Morgan fingerprint density at radius 2 is 2.00 bits per heavy atom. The summed E-state index contributed by atoms with van der Waals surface area (Å²) in [5.74, 6) is -0.169. The van der Waals surface area contributed by atoms with Crippen LogP contribution in [0, 0.1) is 17.8 Å². The summed E-state index contributed by atoms with van der Waals surface area (Å²) in [6.07, 6.45) is 0. The number of carboxylic acid groups (broad SMARTS) is 1. The van der Waals surface area contributed by atoms with Crippen molar-refractivity contribution in [1.29, 1.82) is 0 Å². The standard InChI is InChI=1S/C9H17NO2/c1-6(2)8(9(11)12)7-4-10(3)5-7/h6-8H,4-5H2,1-3H3,(H,11,12). The van der Waals surface area contributed by atoms with Crippen LogP contribution >= 0.6 is 0 Å². The SMILES string of the molecule is CC(C)C(C(=O)O)C1CN(C)C1. The van der Waals surface area contributed by atoms with E-state index in [9.17, 15) is 4.79 Å². The molecule has 0 bridgehead atoms. The molecule has 1 N–H and O–H groups in total. The van der Waals surface area contributed by atoms with E-state index in [1.54, 1.807) is 0 Å². The van der Waals surface area contributed by atoms with Gasteiger partial charge in [-0.15, -0.1) is 0 Å². The lowest BCUT2D eigenvalue weighted by molar-refractivity contribution is -0.148. The molecule has 1 unspecified atom stereocenters. The Hall–Kier alpha value is -0.570. The minimum Gasteiger partial charge on any atom is -0.481 e. The van der Waals surface area contributed by atoms with Crippen LogP contribution in [0.5, 0.6) is 0 Å². The van der Waals surface area contributed by atoms with Crippen molar-refractivity contribution in [2.24, 2.45) is 17.8 Å². The maximum atomic E-state index is 10.9. The molecule has 12 heavy (non-hydrogen) atoms. The summed E-state index contributed by atoms with van der Waals surface area (Å²) in [5, 5.41) is 8.95. The lowest BCUT2D eigenvalue weighted by Gasteiger charge is -2.41. The van der Waals surface area contributed by atoms with Gasteiger partial charge in [-0.25, -0.2) is 0 Å². The van der Waals surface area contributed by atoms with Crippen molar-refractivity contribution >= 4 is 5.97 Å². The minimum absolute atomic E-state index is 0.152. The first-order valence-corrected chi connectivity index (χ1v) is 4.43. The normalized spacial score (nSPS) is 22.3. The Bertz CT molecular complexity index is 173. The quantitative estimate of drug-likeness (QED) is 0.686. The smallest absolute Gasteiger partial charge is 0.307 e. The van der Waals surface area contributed by atoms with Gasteiger partial charge in [-0.2, -0.15) is 0 Å². The number of hydrogen-bond acceptors (Lipinski definition) is 2. The molecule has 0 aromatic rings. The highest BCUT2D eigenvalue weighted by atomic mass is 16.4. The number of nitrogens with zero attached hydrogens (tertiary/aromatic N) is 1. The molecule has 0 saturated carbocycles. The zero-order valence-corrected chi connectivity index (χ0v) is 7.95. The van der Waals surface area contributed by atoms with E-state index < -0.39 is 5.97 Å². The van der Waals surface area contributed by atoms with Gasteiger partial charge in [0.15, 0.2) is 0 Å². The summed E-state index contributed by atoms with van der Waals surface area (Å²) in [7, 11) is 2.02. The third-order valence-electron chi connectivity index (χ3n) is 2.60. The Kier molecular flexibility index (Phi) is 2.73. The Labute approximate surface area is 73.4 Å². The molecule has 1 atom stereocenters. The van der Waals surface area contributed by atoms with Crippen molar-refractivity contribution < 1.29 is 9.90 Å². The highest BCUT2D eigenvalue weighted by molar-refractivity contribution is 5.70. The van der Waals surface area contributed by atoms with Crippen molar-refractivity contribution in [2.45, 2.75) is 13.8 Å². The molecule has 0 aromatic heterocycles. The molecule has 1 rings (SSSR count). The fourth-order valence-electron chi connectivity index (χ4n) is 2.01. The topological polar surface area (TPSA) is 40.5 Å². The predicted octanol–water partition coefficient (Wildman–Crippen LogP) is 0.905. The van der Waals surface area contributed by atoms with Gasteiger partial charge in [-0.05, 0) is 18.9 Å². The molecule has 0 amide bonds. The van der Waals surface area contributed by atoms with E-state index in [4.69, 9.17) is 5.11 Å². The van der Waals surface area contributed by atoms with Crippen molar-refractivity contribution in [1.82, 2.24) is 4.90 Å². The lowest BCUT2D eigenvalue weighted by atomic mass is 9.79. The zero-order chi connectivity index (χ0) is 9.30. The van der Waals surface area contributed by atoms with Gasteiger partial charge in [0.05, 0.1) is 5.92 Å². The Balaban J connectivity index is 2.50. The van der Waals surface area contributed by atoms with Gasteiger partial charge in [-0.3, -0.25) is 4.79 Å². The third-order valence-corrected chi connectivity index (χ3v) is 2.60. The maximum absolute atomic E-state index is 10.9. The predicted molar refractivity (Wildman–Crippen MR) is 47.0 cm³/mol. The van der Waals surface area contributed by atoms with Crippen molar-refractivity contribution in [3.05, 3.63) is 0 Å². The number of rotatable bonds is 3. The zero-order valence-electron chi connectivity index (χ0n) is 7.95. The third kappa shape index (κ3) is 1.78. The second-order valence-corrected chi connectivity index (χ2v) is 4.09. The first kappa shape index (κ1) is 9.52. The van der Waals surface area contributed by atoms with Crippen molar-refractivity contribution in [3.8, 4) is 0 Å². The summed E-state index contributed by atoms with van der Waals surface area (Å²) in [6, 6.07) is 0. The van der Waals surface area contributed by atoms with E-state index in [-0.39, 0.29) is 11.8 Å². The average Bonchev–Trinajstić information content (AvgIpc) is 1.82. The first-order chi connectivity index (χ1) is 5.52. The second-order valence-electron chi connectivity index (χ2n) is 4.09. The number of hydrogen-bond donors (Lipinski definition) is 1. The first-order valence-electron chi connectivity index (χ1n) is 4.43. The summed E-state index contributed by atoms with van der Waals surface area (Å²) < 4.78 is 0. The Morgan fingerprint density at radius 1 is 1.50 bits per heavy atom. The van der Waals surface area contributed by atoms with E-state index in [2.05, 4.69) is 4.90 Å². The highest BCUT2D eigenvalue weighted by Crippen LogP contribution is 2.28. The molecule has 0 spiro atoms. The molecular weight excluding hydrogens is 154 g/mol. The highest BCUT2D eigenvalue weighted by Gasteiger charge is 2.37. The minimum atomic E-state index is -0.636. The van der Waals surface area contributed by atoms with Crippen LogP contribution in [-0.4, -0.2) is 36.1 Å². The molecular formula is C9H17NO2. The molecule has 1 heterocycles. The van der Waals surface area contributed by atoms with Crippen molar-refractivity contribution in [3.63, 3.8) is 0 Å². The van der Waals surface area contributed by atoms with Gasteiger partial charge < -0.3 is 10.0 Å².